The van der Waals surface area contributed by atoms with Crippen molar-refractivity contribution in [3.63, 3.8) is 0 Å². The Morgan fingerprint density at radius 1 is 1.25 bits per heavy atom. The van der Waals surface area contributed by atoms with E-state index in [-0.39, 0.29) is 11.6 Å². The van der Waals surface area contributed by atoms with E-state index in [1.165, 1.54) is 17.7 Å². The van der Waals surface area contributed by atoms with Crippen LogP contribution in [-0.4, -0.2) is 85.4 Å². The third kappa shape index (κ3) is 7.64. The van der Waals surface area contributed by atoms with Gasteiger partial charge in [0.1, 0.15) is 17.3 Å². The molecule has 2 aromatic rings. The lowest BCUT2D eigenvalue weighted by molar-refractivity contribution is -0.136. The number of amides is 3. The number of pyridine rings is 2. The number of anilines is 2. The highest BCUT2D eigenvalue weighted by atomic mass is 16.5. The molecule has 2 aliphatic rings. The summed E-state index contributed by atoms with van der Waals surface area (Å²) < 4.78 is 5.22. The zero-order valence-electron chi connectivity index (χ0n) is 23.6. The van der Waals surface area contributed by atoms with Crippen LogP contribution in [0.4, 0.5) is 16.4 Å². The molecule has 1 saturated carbocycles. The Morgan fingerprint density at radius 3 is 2.77 bits per heavy atom. The van der Waals surface area contributed by atoms with E-state index in [0.29, 0.717) is 55.6 Å². The molecule has 0 unspecified atom stereocenters. The average Bonchev–Trinajstić information content (AvgIpc) is 3.48. The van der Waals surface area contributed by atoms with Gasteiger partial charge in [-0.1, -0.05) is 30.7 Å². The van der Waals surface area contributed by atoms with Gasteiger partial charge in [0.2, 0.25) is 5.91 Å². The molecule has 212 valence electrons. The van der Waals surface area contributed by atoms with Gasteiger partial charge in [-0.2, -0.15) is 0 Å². The van der Waals surface area contributed by atoms with E-state index in [0.717, 1.165) is 43.4 Å². The van der Waals surface area contributed by atoms with Crippen molar-refractivity contribution >= 4 is 29.9 Å². The fourth-order valence-electron chi connectivity index (χ4n) is 4.95. The number of rotatable bonds is 9. The van der Waals surface area contributed by atoms with Crippen LogP contribution >= 0.6 is 0 Å². The standard InChI is InChI=1S/C30H38N6O4/c1-34-14-15-36(29(38)20-34)19-25-12-13-28(32-26(25)21-37)35(2)30(39)33-27-17-23(9-6-16-40-3)24(18-31-27)11-10-22-7-4-5-8-22/h12-13,17-18,21-22H,4-9,14-16,19-20H2,1-3H3,(H,31,33,39). The Bertz CT molecular complexity index is 1280. The predicted octanol–water partition coefficient (Wildman–Crippen LogP) is 3.35. The molecule has 0 aromatic carbocycles. The summed E-state index contributed by atoms with van der Waals surface area (Å²) in [7, 11) is 5.16. The Labute approximate surface area is 236 Å². The van der Waals surface area contributed by atoms with E-state index < -0.39 is 6.03 Å². The molecule has 10 heteroatoms. The number of hydrogen-bond acceptors (Lipinski definition) is 7. The number of carbonyl (C=O) groups excluding carboxylic acids is 3. The molecule has 1 aliphatic carbocycles. The number of hydrogen-bond donors (Lipinski definition) is 1. The molecule has 0 radical (unpaired) electrons. The maximum Gasteiger partial charge on any atom is 0.328 e. The highest BCUT2D eigenvalue weighted by Gasteiger charge is 2.23. The van der Waals surface area contributed by atoms with Gasteiger partial charge in [0.15, 0.2) is 6.29 Å². The molecule has 0 bridgehead atoms. The van der Waals surface area contributed by atoms with Gasteiger partial charge in [0.05, 0.1) is 6.54 Å². The highest BCUT2D eigenvalue weighted by molar-refractivity contribution is 6.00. The second-order valence-corrected chi connectivity index (χ2v) is 10.4. The summed E-state index contributed by atoms with van der Waals surface area (Å²) in [6.07, 6.45) is 8.73. The number of aromatic nitrogens is 2. The summed E-state index contributed by atoms with van der Waals surface area (Å²) in [5, 5.41) is 2.83. The summed E-state index contributed by atoms with van der Waals surface area (Å²) in [5.41, 5.74) is 2.73. The second kappa shape index (κ2) is 14.0. The number of aryl methyl sites for hydroxylation is 1. The number of piperazine rings is 1. The number of carbonyl (C=O) groups is 3. The minimum Gasteiger partial charge on any atom is -0.385 e. The zero-order chi connectivity index (χ0) is 28.5. The quantitative estimate of drug-likeness (QED) is 0.292. The van der Waals surface area contributed by atoms with Crippen molar-refractivity contribution in [3.05, 3.63) is 46.8 Å². The average molecular weight is 547 g/mol. The maximum atomic E-state index is 13.1. The molecule has 10 nitrogen and oxygen atoms in total. The predicted molar refractivity (Wildman–Crippen MR) is 153 cm³/mol. The smallest absolute Gasteiger partial charge is 0.328 e. The van der Waals surface area contributed by atoms with E-state index in [9.17, 15) is 14.4 Å². The number of aldehydes is 1. The number of nitrogens with zero attached hydrogens (tertiary/aromatic N) is 5. The van der Waals surface area contributed by atoms with Gasteiger partial charge in [-0.25, -0.2) is 14.8 Å². The number of urea groups is 1. The van der Waals surface area contributed by atoms with Crippen LogP contribution in [0.2, 0.25) is 0 Å². The van der Waals surface area contributed by atoms with Crippen molar-refractivity contribution in [3.8, 4) is 11.8 Å². The third-order valence-corrected chi connectivity index (χ3v) is 7.41. The summed E-state index contributed by atoms with van der Waals surface area (Å²) >= 11 is 0. The molecular weight excluding hydrogens is 508 g/mol. The van der Waals surface area contributed by atoms with E-state index in [4.69, 9.17) is 4.74 Å². The third-order valence-electron chi connectivity index (χ3n) is 7.41. The first-order valence-electron chi connectivity index (χ1n) is 13.8. The van der Waals surface area contributed by atoms with Crippen LogP contribution in [0.1, 0.15) is 59.3 Å². The van der Waals surface area contributed by atoms with Gasteiger partial charge in [-0.3, -0.25) is 24.7 Å². The van der Waals surface area contributed by atoms with Crippen LogP contribution in [0.15, 0.2) is 24.4 Å². The molecule has 1 N–H and O–H groups in total. The Kier molecular flexibility index (Phi) is 10.2. The lowest BCUT2D eigenvalue weighted by Crippen LogP contribution is -2.48. The lowest BCUT2D eigenvalue weighted by Gasteiger charge is -2.32. The van der Waals surface area contributed by atoms with Crippen LogP contribution in [0, 0.1) is 17.8 Å². The molecule has 3 heterocycles. The Balaban J connectivity index is 1.45. The molecule has 0 atom stereocenters. The Hall–Kier alpha value is -3.81. The molecule has 40 heavy (non-hydrogen) atoms. The van der Waals surface area contributed by atoms with Crippen molar-refractivity contribution in [1.29, 1.82) is 0 Å². The fraction of sp³-hybridized carbons (Fsp3) is 0.500. The minimum atomic E-state index is -0.438. The van der Waals surface area contributed by atoms with Crippen molar-refractivity contribution in [2.75, 3.05) is 57.7 Å². The van der Waals surface area contributed by atoms with Crippen molar-refractivity contribution < 1.29 is 19.1 Å². The number of methoxy groups -OCH3 is 1. The summed E-state index contributed by atoms with van der Waals surface area (Å²) in [4.78, 5) is 51.1. The molecule has 2 fully saturated rings. The van der Waals surface area contributed by atoms with Crippen molar-refractivity contribution in [1.82, 2.24) is 19.8 Å². The van der Waals surface area contributed by atoms with Crippen LogP contribution < -0.4 is 10.2 Å². The highest BCUT2D eigenvalue weighted by Crippen LogP contribution is 2.24. The van der Waals surface area contributed by atoms with Crippen molar-refractivity contribution in [2.24, 2.45) is 5.92 Å². The van der Waals surface area contributed by atoms with Gasteiger partial charge in [0, 0.05) is 63.6 Å². The summed E-state index contributed by atoms with van der Waals surface area (Å²) in [6.45, 7) is 2.64. The van der Waals surface area contributed by atoms with E-state index in [2.05, 4.69) is 27.1 Å². The van der Waals surface area contributed by atoms with E-state index in [1.807, 2.05) is 18.0 Å². The van der Waals surface area contributed by atoms with Crippen LogP contribution in [0.5, 0.6) is 0 Å². The van der Waals surface area contributed by atoms with Gasteiger partial charge in [-0.05, 0) is 50.4 Å². The van der Waals surface area contributed by atoms with Crippen molar-refractivity contribution in [2.45, 2.75) is 45.1 Å². The summed E-state index contributed by atoms with van der Waals surface area (Å²) in [5.74, 6) is 7.89. The SMILES string of the molecule is COCCCc1cc(NC(=O)N(C)c2ccc(CN3CCN(C)CC3=O)c(C=O)n2)ncc1C#CC1CCCC1. The van der Waals surface area contributed by atoms with Crippen LogP contribution in [0.3, 0.4) is 0 Å². The molecule has 1 aliphatic heterocycles. The molecular formula is C30H38N6O4. The normalized spacial score (nSPS) is 16.0. The Morgan fingerprint density at radius 2 is 2.05 bits per heavy atom. The first kappa shape index (κ1) is 29.2. The number of likely N-dealkylation sites (N-methyl/N-ethyl adjacent to an activating group) is 1. The van der Waals surface area contributed by atoms with Crippen LogP contribution in [-0.2, 0) is 22.5 Å². The topological polar surface area (TPSA) is 108 Å². The largest absolute Gasteiger partial charge is 0.385 e. The first-order chi connectivity index (χ1) is 19.4. The molecule has 2 aromatic heterocycles. The zero-order valence-corrected chi connectivity index (χ0v) is 23.6. The van der Waals surface area contributed by atoms with E-state index in [1.54, 1.807) is 37.4 Å². The number of nitrogens with one attached hydrogen (secondary N) is 1. The first-order valence-corrected chi connectivity index (χ1v) is 13.8. The minimum absolute atomic E-state index is 0.01000. The molecule has 3 amide bonds. The second-order valence-electron chi connectivity index (χ2n) is 10.4. The summed E-state index contributed by atoms with van der Waals surface area (Å²) in [6, 6.07) is 4.84. The van der Waals surface area contributed by atoms with E-state index >= 15 is 0 Å². The fourth-order valence-corrected chi connectivity index (χ4v) is 4.95. The van der Waals surface area contributed by atoms with Gasteiger partial charge < -0.3 is 9.64 Å². The van der Waals surface area contributed by atoms with Gasteiger partial charge in [0.25, 0.3) is 0 Å². The molecule has 1 saturated heterocycles. The molecule has 0 spiro atoms. The van der Waals surface area contributed by atoms with Gasteiger partial charge >= 0.3 is 6.03 Å². The lowest BCUT2D eigenvalue weighted by atomic mass is 10.0. The molecule has 4 rings (SSSR count). The monoisotopic (exact) mass is 546 g/mol. The van der Waals surface area contributed by atoms with Gasteiger partial charge in [-0.15, -0.1) is 0 Å². The van der Waals surface area contributed by atoms with Crippen LogP contribution in [0.25, 0.3) is 0 Å². The maximum absolute atomic E-state index is 13.1. The number of ether oxygens (including phenoxy) is 1.